The molecule has 0 aliphatic carbocycles. The minimum absolute atomic E-state index is 0.0861. The summed E-state index contributed by atoms with van der Waals surface area (Å²) >= 11 is 5.88. The monoisotopic (exact) mass is 357 g/mol. The molecule has 0 bridgehead atoms. The van der Waals surface area contributed by atoms with Gasteiger partial charge < -0.3 is 15.1 Å². The lowest BCUT2D eigenvalue weighted by molar-refractivity contribution is -0.121. The molecule has 2 aromatic rings. The summed E-state index contributed by atoms with van der Waals surface area (Å²) in [4.78, 5) is 27.8. The van der Waals surface area contributed by atoms with Crippen LogP contribution in [0.2, 0.25) is 5.02 Å². The Bertz CT molecular complexity index is 734. The number of rotatable bonds is 6. The zero-order valence-electron chi connectivity index (χ0n) is 13.8. The third-order valence-corrected chi connectivity index (χ3v) is 4.39. The standard InChI is InChI=1S/C19H20ClN3O2/c20-17-8-6-16(7-9-17)13-22-10-11-23(19(22)25)14-18(24)21-12-15-4-2-1-3-5-15/h1-9H,10-14H2,(H,21,24). The molecule has 3 rings (SSSR count). The van der Waals surface area contributed by atoms with Crippen molar-refractivity contribution < 1.29 is 9.59 Å². The maximum atomic E-state index is 12.4. The number of halogens is 1. The van der Waals surface area contributed by atoms with E-state index in [1.54, 1.807) is 9.80 Å². The molecule has 5 nitrogen and oxygen atoms in total. The van der Waals surface area contributed by atoms with Gasteiger partial charge in [-0.3, -0.25) is 4.79 Å². The van der Waals surface area contributed by atoms with E-state index in [-0.39, 0.29) is 18.5 Å². The molecule has 0 atom stereocenters. The van der Waals surface area contributed by atoms with Crippen LogP contribution in [-0.2, 0) is 17.9 Å². The highest BCUT2D eigenvalue weighted by molar-refractivity contribution is 6.30. The fourth-order valence-electron chi connectivity index (χ4n) is 2.76. The van der Waals surface area contributed by atoms with Crippen molar-refractivity contribution in [3.63, 3.8) is 0 Å². The van der Waals surface area contributed by atoms with Crippen LogP contribution < -0.4 is 5.32 Å². The van der Waals surface area contributed by atoms with E-state index in [4.69, 9.17) is 11.6 Å². The molecule has 1 fully saturated rings. The minimum atomic E-state index is -0.148. The Kier molecular flexibility index (Phi) is 5.56. The Hall–Kier alpha value is -2.53. The summed E-state index contributed by atoms with van der Waals surface area (Å²) < 4.78 is 0. The first kappa shape index (κ1) is 17.3. The Morgan fingerprint density at radius 2 is 1.64 bits per heavy atom. The van der Waals surface area contributed by atoms with Crippen molar-refractivity contribution >= 4 is 23.5 Å². The number of hydrogen-bond acceptors (Lipinski definition) is 2. The van der Waals surface area contributed by atoms with Crippen molar-refractivity contribution in [2.75, 3.05) is 19.6 Å². The lowest BCUT2D eigenvalue weighted by Gasteiger charge is -2.18. The van der Waals surface area contributed by atoms with Crippen molar-refractivity contribution in [2.24, 2.45) is 0 Å². The molecule has 25 heavy (non-hydrogen) atoms. The molecule has 1 aliphatic rings. The molecule has 0 unspecified atom stereocenters. The van der Waals surface area contributed by atoms with E-state index in [1.165, 1.54) is 0 Å². The molecular weight excluding hydrogens is 338 g/mol. The van der Waals surface area contributed by atoms with E-state index in [0.717, 1.165) is 11.1 Å². The number of nitrogens with zero attached hydrogens (tertiary/aromatic N) is 2. The molecule has 6 heteroatoms. The van der Waals surface area contributed by atoms with Gasteiger partial charge in [-0.05, 0) is 23.3 Å². The van der Waals surface area contributed by atoms with E-state index >= 15 is 0 Å². The average Bonchev–Trinajstić information content (AvgIpc) is 2.96. The van der Waals surface area contributed by atoms with Crippen LogP contribution >= 0.6 is 11.6 Å². The summed E-state index contributed by atoms with van der Waals surface area (Å²) in [6, 6.07) is 17.0. The summed E-state index contributed by atoms with van der Waals surface area (Å²) in [7, 11) is 0. The molecule has 2 aromatic carbocycles. The Morgan fingerprint density at radius 3 is 2.36 bits per heavy atom. The first-order valence-corrected chi connectivity index (χ1v) is 8.58. The molecule has 130 valence electrons. The predicted molar refractivity (Wildman–Crippen MR) is 97.1 cm³/mol. The zero-order valence-corrected chi connectivity index (χ0v) is 14.6. The number of carbonyl (C=O) groups is 2. The third kappa shape index (κ3) is 4.73. The number of benzene rings is 2. The average molecular weight is 358 g/mol. The topological polar surface area (TPSA) is 52.7 Å². The summed E-state index contributed by atoms with van der Waals surface area (Å²) in [6.07, 6.45) is 0. The molecule has 1 N–H and O–H groups in total. The minimum Gasteiger partial charge on any atom is -0.350 e. The fourth-order valence-corrected chi connectivity index (χ4v) is 2.89. The van der Waals surface area contributed by atoms with Crippen molar-refractivity contribution in [1.82, 2.24) is 15.1 Å². The van der Waals surface area contributed by atoms with Gasteiger partial charge in [-0.25, -0.2) is 4.79 Å². The second kappa shape index (κ2) is 8.03. The number of urea groups is 1. The van der Waals surface area contributed by atoms with E-state index < -0.39 is 0 Å². The Balaban J connectivity index is 1.48. The largest absolute Gasteiger partial charge is 0.350 e. The van der Waals surface area contributed by atoms with Crippen LogP contribution in [0.5, 0.6) is 0 Å². The molecule has 0 radical (unpaired) electrons. The van der Waals surface area contributed by atoms with Gasteiger partial charge in [0.25, 0.3) is 0 Å². The van der Waals surface area contributed by atoms with Gasteiger partial charge in [0.2, 0.25) is 5.91 Å². The quantitative estimate of drug-likeness (QED) is 0.864. The van der Waals surface area contributed by atoms with Crippen molar-refractivity contribution in [1.29, 1.82) is 0 Å². The summed E-state index contributed by atoms with van der Waals surface area (Å²) in [5.74, 6) is -0.148. The molecule has 1 heterocycles. The molecular formula is C19H20ClN3O2. The third-order valence-electron chi connectivity index (χ3n) is 4.13. The number of hydrogen-bond donors (Lipinski definition) is 1. The van der Waals surface area contributed by atoms with Crippen molar-refractivity contribution in [3.05, 3.63) is 70.7 Å². The Labute approximate surface area is 152 Å². The second-order valence-corrected chi connectivity index (χ2v) is 6.45. The number of amides is 3. The number of carbonyl (C=O) groups excluding carboxylic acids is 2. The lowest BCUT2D eigenvalue weighted by atomic mass is 10.2. The van der Waals surface area contributed by atoms with E-state index in [0.29, 0.717) is 31.2 Å². The zero-order chi connectivity index (χ0) is 17.6. The smallest absolute Gasteiger partial charge is 0.320 e. The highest BCUT2D eigenvalue weighted by Gasteiger charge is 2.29. The van der Waals surface area contributed by atoms with Crippen LogP contribution in [-0.4, -0.2) is 41.4 Å². The maximum absolute atomic E-state index is 12.4. The van der Waals surface area contributed by atoms with Gasteiger partial charge in [0.1, 0.15) is 6.54 Å². The van der Waals surface area contributed by atoms with Gasteiger partial charge in [-0.2, -0.15) is 0 Å². The van der Waals surface area contributed by atoms with Crippen molar-refractivity contribution in [2.45, 2.75) is 13.1 Å². The highest BCUT2D eigenvalue weighted by atomic mass is 35.5. The van der Waals surface area contributed by atoms with Crippen LogP contribution in [0.25, 0.3) is 0 Å². The van der Waals surface area contributed by atoms with Gasteiger partial charge in [0, 0.05) is 31.2 Å². The summed E-state index contributed by atoms with van der Waals surface area (Å²) in [6.45, 7) is 2.26. The first-order valence-electron chi connectivity index (χ1n) is 8.21. The Morgan fingerprint density at radius 1 is 0.960 bits per heavy atom. The molecule has 0 saturated carbocycles. The van der Waals surface area contributed by atoms with Crippen LogP contribution in [0.3, 0.4) is 0 Å². The molecule has 1 saturated heterocycles. The van der Waals surface area contributed by atoms with Crippen LogP contribution in [0.15, 0.2) is 54.6 Å². The van der Waals surface area contributed by atoms with E-state index in [2.05, 4.69) is 5.32 Å². The normalized spacial score (nSPS) is 14.0. The second-order valence-electron chi connectivity index (χ2n) is 6.01. The fraction of sp³-hybridized carbons (Fsp3) is 0.263. The van der Waals surface area contributed by atoms with Crippen LogP contribution in [0, 0.1) is 0 Å². The lowest BCUT2D eigenvalue weighted by Crippen LogP contribution is -2.39. The van der Waals surface area contributed by atoms with Crippen LogP contribution in [0.1, 0.15) is 11.1 Å². The van der Waals surface area contributed by atoms with Gasteiger partial charge in [0.05, 0.1) is 0 Å². The van der Waals surface area contributed by atoms with E-state index in [9.17, 15) is 9.59 Å². The van der Waals surface area contributed by atoms with Gasteiger partial charge >= 0.3 is 6.03 Å². The predicted octanol–water partition coefficient (Wildman–Crippen LogP) is 2.89. The molecule has 0 spiro atoms. The summed E-state index contributed by atoms with van der Waals surface area (Å²) in [5, 5.41) is 3.53. The van der Waals surface area contributed by atoms with Gasteiger partial charge in [-0.1, -0.05) is 54.1 Å². The SMILES string of the molecule is O=C(CN1CCN(Cc2ccc(Cl)cc2)C1=O)NCc1ccccc1. The maximum Gasteiger partial charge on any atom is 0.320 e. The molecule has 0 aromatic heterocycles. The highest BCUT2D eigenvalue weighted by Crippen LogP contribution is 2.15. The summed E-state index contributed by atoms with van der Waals surface area (Å²) in [5.41, 5.74) is 2.06. The van der Waals surface area contributed by atoms with Gasteiger partial charge in [-0.15, -0.1) is 0 Å². The van der Waals surface area contributed by atoms with Crippen LogP contribution in [0.4, 0.5) is 4.79 Å². The van der Waals surface area contributed by atoms with E-state index in [1.807, 2.05) is 54.6 Å². The molecule has 3 amide bonds. The van der Waals surface area contributed by atoms with Gasteiger partial charge in [0.15, 0.2) is 0 Å². The first-order chi connectivity index (χ1) is 12.1. The number of nitrogens with one attached hydrogen (secondary N) is 1. The van der Waals surface area contributed by atoms with Crippen molar-refractivity contribution in [3.8, 4) is 0 Å². The molecule has 1 aliphatic heterocycles.